The van der Waals surface area contributed by atoms with E-state index in [0.29, 0.717) is 0 Å². The van der Waals surface area contributed by atoms with Gasteiger partial charge in [-0.3, -0.25) is 0 Å². The minimum Gasteiger partial charge on any atom is -0.373 e. The summed E-state index contributed by atoms with van der Waals surface area (Å²) in [6.07, 6.45) is 0. The van der Waals surface area contributed by atoms with Gasteiger partial charge in [0.15, 0.2) is 0 Å². The number of nitrogens with zero attached hydrogens (tertiary/aromatic N) is 1. The Morgan fingerprint density at radius 3 is 2.20 bits per heavy atom. The van der Waals surface area contributed by atoms with Gasteiger partial charge in [0.2, 0.25) is 0 Å². The molecule has 53 valence electrons. The van der Waals surface area contributed by atoms with Crippen LogP contribution >= 0.6 is 0 Å². The Balaban J connectivity index is 2.89. The van der Waals surface area contributed by atoms with Crippen molar-refractivity contribution in [3.05, 3.63) is 37.1 Å². The molecule has 0 aliphatic heterocycles. The molecule has 0 aromatic heterocycles. The first-order chi connectivity index (χ1) is 4.70. The van der Waals surface area contributed by atoms with Crippen LogP contribution in [-0.2, 0) is 0 Å². The van der Waals surface area contributed by atoms with Crippen LogP contribution in [-0.4, -0.2) is 7.05 Å². The van der Waals surface area contributed by atoms with E-state index in [1.54, 1.807) is 17.0 Å². The van der Waals surface area contributed by atoms with Crippen LogP contribution in [0.15, 0.2) is 24.3 Å². The van der Waals surface area contributed by atoms with Crippen molar-refractivity contribution in [2.45, 2.75) is 0 Å². The first-order valence-corrected chi connectivity index (χ1v) is 3.00. The Morgan fingerprint density at radius 1 is 1.30 bits per heavy atom. The summed E-state index contributed by atoms with van der Waals surface area (Å²) >= 11 is 0. The van der Waals surface area contributed by atoms with Crippen LogP contribution in [0.2, 0.25) is 0 Å². The molecule has 1 radical (unpaired) electrons. The van der Waals surface area contributed by atoms with Crippen molar-refractivity contribution in [1.82, 2.24) is 0 Å². The van der Waals surface area contributed by atoms with E-state index in [4.69, 9.17) is 0 Å². The van der Waals surface area contributed by atoms with Crippen molar-refractivity contribution in [1.29, 1.82) is 0 Å². The lowest BCUT2D eigenvalue weighted by atomic mass is 10.3. The summed E-state index contributed by atoms with van der Waals surface area (Å²) in [7, 11) is 5.46. The number of benzene rings is 1. The fourth-order valence-corrected chi connectivity index (χ4v) is 0.696. The third-order valence-electron chi connectivity index (χ3n) is 1.27. The highest BCUT2D eigenvalue weighted by Crippen LogP contribution is 2.10. The van der Waals surface area contributed by atoms with Crippen LogP contribution in [0.3, 0.4) is 0 Å². The monoisotopic (exact) mass is 138 g/mol. The molecule has 0 spiro atoms. The van der Waals surface area contributed by atoms with Crippen molar-refractivity contribution in [2.75, 3.05) is 11.9 Å². The molecular formula is C8H9FN. The fourth-order valence-electron chi connectivity index (χ4n) is 0.696. The molecule has 0 aliphatic carbocycles. The first kappa shape index (κ1) is 7.06. The van der Waals surface area contributed by atoms with Gasteiger partial charge in [0.05, 0.1) is 0 Å². The number of hydrogen-bond donors (Lipinski definition) is 0. The van der Waals surface area contributed by atoms with Crippen LogP contribution in [0, 0.1) is 12.9 Å². The van der Waals surface area contributed by atoms with Gasteiger partial charge in [0, 0.05) is 19.8 Å². The minimum absolute atomic E-state index is 0.217. The van der Waals surface area contributed by atoms with Gasteiger partial charge in [-0.25, -0.2) is 4.39 Å². The minimum atomic E-state index is -0.217. The summed E-state index contributed by atoms with van der Waals surface area (Å²) in [5, 5.41) is 0. The molecular weight excluding hydrogens is 129 g/mol. The summed E-state index contributed by atoms with van der Waals surface area (Å²) in [6, 6.07) is 6.19. The molecule has 0 amide bonds. The molecule has 0 unspecified atom stereocenters. The van der Waals surface area contributed by atoms with E-state index in [9.17, 15) is 4.39 Å². The van der Waals surface area contributed by atoms with Gasteiger partial charge < -0.3 is 4.90 Å². The molecule has 1 aromatic rings. The van der Waals surface area contributed by atoms with Crippen molar-refractivity contribution in [3.63, 3.8) is 0 Å². The van der Waals surface area contributed by atoms with Crippen LogP contribution in [0.1, 0.15) is 0 Å². The zero-order valence-electron chi connectivity index (χ0n) is 5.84. The maximum atomic E-state index is 12.3. The Bertz CT molecular complexity index is 203. The van der Waals surface area contributed by atoms with Gasteiger partial charge in [0.25, 0.3) is 0 Å². The standard InChI is InChI=1S/C8H9FN/c1-10(2)8-5-3-7(9)4-6-8/h3-6H,1H2,2H3. The van der Waals surface area contributed by atoms with Crippen molar-refractivity contribution < 1.29 is 4.39 Å². The normalized spacial score (nSPS) is 9.50. The van der Waals surface area contributed by atoms with Gasteiger partial charge in [0.1, 0.15) is 5.82 Å². The predicted molar refractivity (Wildman–Crippen MR) is 40.2 cm³/mol. The van der Waals surface area contributed by atoms with Crippen molar-refractivity contribution in [2.24, 2.45) is 0 Å². The number of halogens is 1. The second-order valence-electron chi connectivity index (χ2n) is 2.17. The highest BCUT2D eigenvalue weighted by Gasteiger charge is 1.92. The van der Waals surface area contributed by atoms with E-state index in [1.807, 2.05) is 7.05 Å². The van der Waals surface area contributed by atoms with Gasteiger partial charge in [-0.15, -0.1) is 0 Å². The molecule has 0 aliphatic rings. The van der Waals surface area contributed by atoms with Gasteiger partial charge in [-0.1, -0.05) is 0 Å². The number of rotatable bonds is 1. The molecule has 2 heteroatoms. The second kappa shape index (κ2) is 2.69. The molecule has 1 rings (SSSR count). The van der Waals surface area contributed by atoms with E-state index >= 15 is 0 Å². The maximum Gasteiger partial charge on any atom is 0.123 e. The molecule has 0 saturated carbocycles. The summed E-state index contributed by atoms with van der Waals surface area (Å²) in [5.41, 5.74) is 0.904. The van der Waals surface area contributed by atoms with Crippen molar-refractivity contribution in [3.8, 4) is 0 Å². The zero-order chi connectivity index (χ0) is 7.56. The molecule has 0 bridgehead atoms. The van der Waals surface area contributed by atoms with E-state index in [2.05, 4.69) is 7.05 Å². The number of hydrogen-bond acceptors (Lipinski definition) is 1. The number of anilines is 1. The maximum absolute atomic E-state index is 12.3. The first-order valence-electron chi connectivity index (χ1n) is 3.00. The van der Waals surface area contributed by atoms with Gasteiger partial charge in [-0.2, -0.15) is 0 Å². The lowest BCUT2D eigenvalue weighted by Crippen LogP contribution is -2.04. The van der Waals surface area contributed by atoms with Gasteiger partial charge in [-0.05, 0) is 24.3 Å². The van der Waals surface area contributed by atoms with E-state index in [-0.39, 0.29) is 5.82 Å². The Kier molecular flexibility index (Phi) is 1.90. The predicted octanol–water partition coefficient (Wildman–Crippen LogP) is 2.05. The lowest BCUT2D eigenvalue weighted by molar-refractivity contribution is 0.628. The third kappa shape index (κ3) is 1.47. The summed E-state index contributed by atoms with van der Waals surface area (Å²) in [5.74, 6) is -0.217. The smallest absolute Gasteiger partial charge is 0.123 e. The highest BCUT2D eigenvalue weighted by atomic mass is 19.1. The average molecular weight is 138 g/mol. The quantitative estimate of drug-likeness (QED) is 0.574. The van der Waals surface area contributed by atoms with Crippen LogP contribution in [0.25, 0.3) is 0 Å². The van der Waals surface area contributed by atoms with Crippen LogP contribution < -0.4 is 4.90 Å². The molecule has 0 atom stereocenters. The SMILES string of the molecule is [CH2]N(C)c1ccc(F)cc1. The van der Waals surface area contributed by atoms with E-state index < -0.39 is 0 Å². The average Bonchev–Trinajstić information content (AvgIpc) is 1.88. The molecule has 0 fully saturated rings. The highest BCUT2D eigenvalue weighted by molar-refractivity contribution is 5.45. The topological polar surface area (TPSA) is 3.24 Å². The van der Waals surface area contributed by atoms with Crippen LogP contribution in [0.5, 0.6) is 0 Å². The molecule has 0 saturated heterocycles. The molecule has 0 heterocycles. The zero-order valence-corrected chi connectivity index (χ0v) is 5.84. The van der Waals surface area contributed by atoms with Crippen molar-refractivity contribution >= 4 is 5.69 Å². The third-order valence-corrected chi connectivity index (χ3v) is 1.27. The second-order valence-corrected chi connectivity index (χ2v) is 2.17. The summed E-state index contributed by atoms with van der Waals surface area (Å²) in [4.78, 5) is 1.68. The molecule has 0 N–H and O–H groups in total. The lowest BCUT2D eigenvalue weighted by Gasteiger charge is -2.10. The van der Waals surface area contributed by atoms with E-state index in [1.165, 1.54) is 12.1 Å². The van der Waals surface area contributed by atoms with Crippen LogP contribution in [0.4, 0.5) is 10.1 Å². The summed E-state index contributed by atoms with van der Waals surface area (Å²) < 4.78 is 12.3. The summed E-state index contributed by atoms with van der Waals surface area (Å²) in [6.45, 7) is 0. The fraction of sp³-hybridized carbons (Fsp3) is 0.125. The molecule has 10 heavy (non-hydrogen) atoms. The molecule has 1 aromatic carbocycles. The Labute approximate surface area is 60.1 Å². The largest absolute Gasteiger partial charge is 0.373 e. The molecule has 1 nitrogen and oxygen atoms in total. The Morgan fingerprint density at radius 2 is 1.80 bits per heavy atom. The Hall–Kier alpha value is -1.05. The van der Waals surface area contributed by atoms with E-state index in [0.717, 1.165) is 5.69 Å². The van der Waals surface area contributed by atoms with Gasteiger partial charge >= 0.3 is 0 Å².